The van der Waals surface area contributed by atoms with Gasteiger partial charge in [-0.05, 0) is 23.3 Å². The fraction of sp³-hybridized carbons (Fsp3) is 0.176. The van der Waals surface area contributed by atoms with Gasteiger partial charge in [0.1, 0.15) is 18.5 Å². The highest BCUT2D eigenvalue weighted by molar-refractivity contribution is 5.80. The van der Waals surface area contributed by atoms with Crippen LogP contribution in [0.2, 0.25) is 0 Å². The standard InChI is InChI=1S/C17H16FNO4/c18-14-8-4-7-13(9-14)10-15(16(20)21)19-17(22)23-11-12-5-2-1-3-6-12/h1-9,15H,10-11H2,(H,19,22)(H,20,21)/t15-/m1/s1. The van der Waals surface area contributed by atoms with Gasteiger partial charge in [-0.3, -0.25) is 0 Å². The number of hydrogen-bond acceptors (Lipinski definition) is 3. The average Bonchev–Trinajstić information content (AvgIpc) is 2.53. The quantitative estimate of drug-likeness (QED) is 0.859. The molecule has 2 rings (SSSR count). The summed E-state index contributed by atoms with van der Waals surface area (Å²) >= 11 is 0. The molecule has 0 spiro atoms. The minimum absolute atomic E-state index is 0.0342. The highest BCUT2D eigenvalue weighted by Crippen LogP contribution is 2.07. The zero-order valence-electron chi connectivity index (χ0n) is 12.2. The molecule has 120 valence electrons. The third kappa shape index (κ3) is 5.43. The molecule has 0 fully saturated rings. The summed E-state index contributed by atoms with van der Waals surface area (Å²) < 4.78 is 18.1. The Labute approximate surface area is 132 Å². The highest BCUT2D eigenvalue weighted by atomic mass is 19.1. The fourth-order valence-corrected chi connectivity index (χ4v) is 2.01. The van der Waals surface area contributed by atoms with Crippen LogP contribution in [-0.2, 0) is 22.6 Å². The van der Waals surface area contributed by atoms with E-state index in [1.54, 1.807) is 30.3 Å². The largest absolute Gasteiger partial charge is 0.480 e. The summed E-state index contributed by atoms with van der Waals surface area (Å²) in [6.45, 7) is 0.0407. The zero-order chi connectivity index (χ0) is 16.7. The first-order chi connectivity index (χ1) is 11.0. The Hall–Kier alpha value is -2.89. The van der Waals surface area contributed by atoms with E-state index in [-0.39, 0.29) is 13.0 Å². The molecule has 0 radical (unpaired) electrons. The maximum absolute atomic E-state index is 13.1. The van der Waals surface area contributed by atoms with E-state index >= 15 is 0 Å². The van der Waals surface area contributed by atoms with Crippen LogP contribution in [0.4, 0.5) is 9.18 Å². The van der Waals surface area contributed by atoms with Crippen molar-refractivity contribution >= 4 is 12.1 Å². The molecule has 0 unspecified atom stereocenters. The summed E-state index contributed by atoms with van der Waals surface area (Å²) in [4.78, 5) is 23.0. The number of aliphatic carboxylic acids is 1. The lowest BCUT2D eigenvalue weighted by Crippen LogP contribution is -2.42. The topological polar surface area (TPSA) is 75.6 Å². The van der Waals surface area contributed by atoms with Gasteiger partial charge in [0.15, 0.2) is 0 Å². The number of benzene rings is 2. The summed E-state index contributed by atoms with van der Waals surface area (Å²) in [7, 11) is 0. The first-order valence-electron chi connectivity index (χ1n) is 6.99. The van der Waals surface area contributed by atoms with E-state index in [0.29, 0.717) is 5.56 Å². The molecule has 2 aromatic rings. The summed E-state index contributed by atoms with van der Waals surface area (Å²) in [5, 5.41) is 11.4. The molecule has 5 nitrogen and oxygen atoms in total. The predicted octanol–water partition coefficient (Wildman–Crippen LogP) is 2.75. The van der Waals surface area contributed by atoms with Crippen LogP contribution < -0.4 is 5.32 Å². The lowest BCUT2D eigenvalue weighted by molar-refractivity contribution is -0.139. The van der Waals surface area contributed by atoms with Crippen molar-refractivity contribution in [3.8, 4) is 0 Å². The van der Waals surface area contributed by atoms with E-state index in [4.69, 9.17) is 4.74 Å². The highest BCUT2D eigenvalue weighted by Gasteiger charge is 2.21. The van der Waals surface area contributed by atoms with Crippen molar-refractivity contribution in [2.45, 2.75) is 19.1 Å². The Bertz CT molecular complexity index is 675. The van der Waals surface area contributed by atoms with Crippen LogP contribution in [0, 0.1) is 5.82 Å². The number of alkyl carbamates (subject to hydrolysis) is 1. The van der Waals surface area contributed by atoms with Crippen LogP contribution in [-0.4, -0.2) is 23.2 Å². The average molecular weight is 317 g/mol. The van der Waals surface area contributed by atoms with E-state index in [2.05, 4.69) is 5.32 Å². The number of amides is 1. The van der Waals surface area contributed by atoms with E-state index in [1.807, 2.05) is 6.07 Å². The lowest BCUT2D eigenvalue weighted by Gasteiger charge is -2.14. The summed E-state index contributed by atoms with van der Waals surface area (Å²) in [5.74, 6) is -1.68. The van der Waals surface area contributed by atoms with E-state index in [0.717, 1.165) is 5.56 Å². The molecule has 2 N–H and O–H groups in total. The van der Waals surface area contributed by atoms with Crippen molar-refractivity contribution in [2.24, 2.45) is 0 Å². The molecule has 0 aromatic heterocycles. The van der Waals surface area contributed by atoms with Crippen molar-refractivity contribution < 1.29 is 23.8 Å². The molecule has 0 saturated heterocycles. The van der Waals surface area contributed by atoms with Gasteiger partial charge >= 0.3 is 12.1 Å². The van der Waals surface area contributed by atoms with Crippen LogP contribution >= 0.6 is 0 Å². The molecule has 0 heterocycles. The van der Waals surface area contributed by atoms with Crippen molar-refractivity contribution in [2.75, 3.05) is 0 Å². The maximum atomic E-state index is 13.1. The van der Waals surface area contributed by atoms with Gasteiger partial charge < -0.3 is 15.2 Å². The number of carboxylic acids is 1. The second kappa shape index (κ2) is 7.93. The van der Waals surface area contributed by atoms with Crippen LogP contribution in [0.5, 0.6) is 0 Å². The van der Waals surface area contributed by atoms with Crippen LogP contribution in [0.25, 0.3) is 0 Å². The van der Waals surface area contributed by atoms with Crippen molar-refractivity contribution in [1.29, 1.82) is 0 Å². The molecular formula is C17H16FNO4. The number of carbonyl (C=O) groups is 2. The Balaban J connectivity index is 1.91. The molecule has 6 heteroatoms. The lowest BCUT2D eigenvalue weighted by atomic mass is 10.1. The molecule has 2 aromatic carbocycles. The summed E-state index contributed by atoms with van der Waals surface area (Å²) in [5.41, 5.74) is 1.26. The normalized spacial score (nSPS) is 11.5. The Morgan fingerprint density at radius 3 is 2.43 bits per heavy atom. The van der Waals surface area contributed by atoms with Crippen molar-refractivity contribution in [3.05, 3.63) is 71.5 Å². The van der Waals surface area contributed by atoms with Gasteiger partial charge in [-0.25, -0.2) is 14.0 Å². The smallest absolute Gasteiger partial charge is 0.408 e. The minimum Gasteiger partial charge on any atom is -0.480 e. The van der Waals surface area contributed by atoms with Crippen LogP contribution in [0.15, 0.2) is 54.6 Å². The molecule has 0 aliphatic rings. The van der Waals surface area contributed by atoms with Crippen LogP contribution in [0.1, 0.15) is 11.1 Å². The molecule has 0 saturated carbocycles. The predicted molar refractivity (Wildman–Crippen MR) is 81.3 cm³/mol. The Kier molecular flexibility index (Phi) is 5.68. The molecule has 23 heavy (non-hydrogen) atoms. The van der Waals surface area contributed by atoms with E-state index in [1.165, 1.54) is 18.2 Å². The maximum Gasteiger partial charge on any atom is 0.408 e. The number of nitrogens with one attached hydrogen (secondary N) is 1. The Morgan fingerprint density at radius 2 is 1.78 bits per heavy atom. The molecule has 0 aliphatic carbocycles. The number of carboxylic acid groups (broad SMARTS) is 1. The fourth-order valence-electron chi connectivity index (χ4n) is 2.01. The molecule has 0 bridgehead atoms. The van der Waals surface area contributed by atoms with Gasteiger partial charge in [-0.15, -0.1) is 0 Å². The second-order valence-electron chi connectivity index (χ2n) is 4.93. The number of hydrogen-bond donors (Lipinski definition) is 2. The van der Waals surface area contributed by atoms with Gasteiger partial charge in [-0.2, -0.15) is 0 Å². The van der Waals surface area contributed by atoms with Crippen molar-refractivity contribution in [1.82, 2.24) is 5.32 Å². The van der Waals surface area contributed by atoms with Gasteiger partial charge in [-0.1, -0.05) is 42.5 Å². The first-order valence-corrected chi connectivity index (χ1v) is 6.99. The second-order valence-corrected chi connectivity index (χ2v) is 4.93. The van der Waals surface area contributed by atoms with E-state index < -0.39 is 23.9 Å². The summed E-state index contributed by atoms with van der Waals surface area (Å²) in [6.07, 6.45) is -0.870. The van der Waals surface area contributed by atoms with Gasteiger partial charge in [0, 0.05) is 6.42 Å². The first kappa shape index (κ1) is 16.5. The summed E-state index contributed by atoms with van der Waals surface area (Å²) in [6, 6.07) is 13.4. The minimum atomic E-state index is -1.22. The van der Waals surface area contributed by atoms with Gasteiger partial charge in [0.25, 0.3) is 0 Å². The number of carbonyl (C=O) groups excluding carboxylic acids is 1. The van der Waals surface area contributed by atoms with Gasteiger partial charge in [0.2, 0.25) is 0 Å². The monoisotopic (exact) mass is 317 g/mol. The van der Waals surface area contributed by atoms with Crippen LogP contribution in [0.3, 0.4) is 0 Å². The van der Waals surface area contributed by atoms with E-state index in [9.17, 15) is 19.1 Å². The molecule has 0 aliphatic heterocycles. The SMILES string of the molecule is O=C(N[C@H](Cc1cccc(F)c1)C(=O)O)OCc1ccccc1. The third-order valence-electron chi connectivity index (χ3n) is 3.13. The number of ether oxygens (including phenoxy) is 1. The zero-order valence-corrected chi connectivity index (χ0v) is 12.2. The van der Waals surface area contributed by atoms with Crippen molar-refractivity contribution in [3.63, 3.8) is 0 Å². The molecular weight excluding hydrogens is 301 g/mol. The Morgan fingerprint density at radius 1 is 1.09 bits per heavy atom. The van der Waals surface area contributed by atoms with Gasteiger partial charge in [0.05, 0.1) is 0 Å². The molecule has 1 atom stereocenters. The number of rotatable bonds is 6. The third-order valence-corrected chi connectivity index (χ3v) is 3.13. The molecule has 1 amide bonds. The number of halogens is 1.